The Morgan fingerprint density at radius 1 is 1.25 bits per heavy atom. The normalized spacial score (nSPS) is 10.2. The lowest BCUT2D eigenvalue weighted by atomic mass is 10.2. The second kappa shape index (κ2) is 7.12. The second-order valence-electron chi connectivity index (χ2n) is 4.07. The Morgan fingerprint density at radius 2 is 2.06 bits per heavy atom. The first-order valence-corrected chi connectivity index (χ1v) is 5.74. The van der Waals surface area contributed by atoms with Crippen LogP contribution in [0.3, 0.4) is 0 Å². The molecule has 0 bridgehead atoms. The molecule has 1 rings (SSSR count). The summed E-state index contributed by atoms with van der Waals surface area (Å²) < 4.78 is 5.01. The molecule has 1 aromatic rings. The summed E-state index contributed by atoms with van der Waals surface area (Å²) in [6.45, 7) is 1.85. The first-order chi connectivity index (χ1) is 7.74. The first-order valence-electron chi connectivity index (χ1n) is 5.74. The van der Waals surface area contributed by atoms with Gasteiger partial charge >= 0.3 is 0 Å². The van der Waals surface area contributed by atoms with Gasteiger partial charge in [0.05, 0.1) is 0 Å². The van der Waals surface area contributed by atoms with E-state index >= 15 is 0 Å². The van der Waals surface area contributed by atoms with Crippen molar-refractivity contribution in [2.75, 3.05) is 44.6 Å². The van der Waals surface area contributed by atoms with Crippen molar-refractivity contribution in [3.63, 3.8) is 0 Å². The Kier molecular flexibility index (Phi) is 5.72. The molecule has 0 atom stereocenters. The van der Waals surface area contributed by atoms with Gasteiger partial charge in [0, 0.05) is 45.7 Å². The molecular weight excluding hydrogens is 200 g/mol. The number of nitrogens with zero attached hydrogens (tertiary/aromatic N) is 1. The fourth-order valence-electron chi connectivity index (χ4n) is 1.50. The quantitative estimate of drug-likeness (QED) is 0.718. The van der Waals surface area contributed by atoms with Gasteiger partial charge in [0.25, 0.3) is 0 Å². The van der Waals surface area contributed by atoms with Gasteiger partial charge in [-0.05, 0) is 31.0 Å². The van der Waals surface area contributed by atoms with Crippen LogP contribution in [0.4, 0.5) is 11.4 Å². The molecule has 0 amide bonds. The van der Waals surface area contributed by atoms with Crippen LogP contribution in [-0.2, 0) is 4.74 Å². The molecule has 0 aliphatic heterocycles. The number of rotatable bonds is 7. The summed E-state index contributed by atoms with van der Waals surface area (Å²) in [6.07, 6.45) is 2.25. The summed E-state index contributed by atoms with van der Waals surface area (Å²) in [4.78, 5) is 2.11. The van der Waals surface area contributed by atoms with Crippen LogP contribution >= 0.6 is 0 Å². The summed E-state index contributed by atoms with van der Waals surface area (Å²) in [5, 5.41) is 3.42. The molecule has 0 saturated carbocycles. The third kappa shape index (κ3) is 4.53. The minimum absolute atomic E-state index is 0.847. The Hall–Kier alpha value is -1.22. The summed E-state index contributed by atoms with van der Waals surface area (Å²) in [5.41, 5.74) is 2.41. The fraction of sp³-hybridized carbons (Fsp3) is 0.538. The Labute approximate surface area is 98.4 Å². The van der Waals surface area contributed by atoms with Crippen LogP contribution in [0.1, 0.15) is 12.8 Å². The number of nitrogens with one attached hydrogen (secondary N) is 1. The van der Waals surface area contributed by atoms with Gasteiger partial charge in [0.2, 0.25) is 0 Å². The molecule has 90 valence electrons. The SMILES string of the molecule is COCCCCNc1cccc(N(C)C)c1. The van der Waals surface area contributed by atoms with Gasteiger partial charge in [-0.25, -0.2) is 0 Å². The summed E-state index contributed by atoms with van der Waals surface area (Å²) in [5.74, 6) is 0. The van der Waals surface area contributed by atoms with E-state index in [4.69, 9.17) is 4.74 Å². The molecule has 16 heavy (non-hydrogen) atoms. The monoisotopic (exact) mass is 222 g/mol. The predicted molar refractivity (Wildman–Crippen MR) is 70.4 cm³/mol. The molecule has 0 heterocycles. The Bertz CT molecular complexity index is 300. The summed E-state index contributed by atoms with van der Waals surface area (Å²) in [6, 6.07) is 8.45. The Balaban J connectivity index is 2.33. The largest absolute Gasteiger partial charge is 0.385 e. The maximum Gasteiger partial charge on any atom is 0.0462 e. The smallest absolute Gasteiger partial charge is 0.0462 e. The minimum Gasteiger partial charge on any atom is -0.385 e. The van der Waals surface area contributed by atoms with Crippen LogP contribution in [0.5, 0.6) is 0 Å². The number of hydrogen-bond acceptors (Lipinski definition) is 3. The van der Waals surface area contributed by atoms with Gasteiger partial charge in [0.15, 0.2) is 0 Å². The zero-order chi connectivity index (χ0) is 11.8. The van der Waals surface area contributed by atoms with Crippen LogP contribution in [0.2, 0.25) is 0 Å². The molecule has 0 radical (unpaired) electrons. The highest BCUT2D eigenvalue weighted by Crippen LogP contribution is 2.17. The highest BCUT2D eigenvalue weighted by atomic mass is 16.5. The summed E-state index contributed by atoms with van der Waals surface area (Å²) >= 11 is 0. The van der Waals surface area contributed by atoms with Gasteiger partial charge in [-0.1, -0.05) is 6.07 Å². The average molecular weight is 222 g/mol. The molecule has 0 aromatic heterocycles. The Morgan fingerprint density at radius 3 is 2.75 bits per heavy atom. The van der Waals surface area contributed by atoms with Crippen molar-refractivity contribution in [3.05, 3.63) is 24.3 Å². The molecule has 3 nitrogen and oxygen atoms in total. The van der Waals surface area contributed by atoms with E-state index in [2.05, 4.69) is 48.6 Å². The molecule has 0 unspecified atom stereocenters. The molecule has 0 spiro atoms. The third-order valence-electron chi connectivity index (χ3n) is 2.47. The molecule has 3 heteroatoms. The van der Waals surface area contributed by atoms with E-state index in [0.29, 0.717) is 0 Å². The molecule has 0 aliphatic rings. The van der Waals surface area contributed by atoms with Crippen molar-refractivity contribution >= 4 is 11.4 Å². The molecule has 0 aliphatic carbocycles. The van der Waals surface area contributed by atoms with E-state index in [0.717, 1.165) is 26.0 Å². The minimum atomic E-state index is 0.847. The zero-order valence-electron chi connectivity index (χ0n) is 10.5. The van der Waals surface area contributed by atoms with Crippen LogP contribution in [0, 0.1) is 0 Å². The highest BCUT2D eigenvalue weighted by molar-refractivity contribution is 5.57. The van der Waals surface area contributed by atoms with Crippen molar-refractivity contribution in [3.8, 4) is 0 Å². The van der Waals surface area contributed by atoms with Crippen molar-refractivity contribution < 1.29 is 4.74 Å². The van der Waals surface area contributed by atoms with Crippen LogP contribution in [0.25, 0.3) is 0 Å². The lowest BCUT2D eigenvalue weighted by molar-refractivity contribution is 0.194. The highest BCUT2D eigenvalue weighted by Gasteiger charge is 1.96. The topological polar surface area (TPSA) is 24.5 Å². The van der Waals surface area contributed by atoms with Gasteiger partial charge in [-0.3, -0.25) is 0 Å². The van der Waals surface area contributed by atoms with Gasteiger partial charge < -0.3 is 15.0 Å². The van der Waals surface area contributed by atoms with Crippen molar-refractivity contribution in [2.24, 2.45) is 0 Å². The zero-order valence-corrected chi connectivity index (χ0v) is 10.5. The van der Waals surface area contributed by atoms with E-state index in [1.54, 1.807) is 7.11 Å². The molecule has 1 N–H and O–H groups in total. The lowest BCUT2D eigenvalue weighted by Crippen LogP contribution is -2.09. The first kappa shape index (κ1) is 12.8. The number of anilines is 2. The van der Waals surface area contributed by atoms with Crippen LogP contribution in [0.15, 0.2) is 24.3 Å². The number of methoxy groups -OCH3 is 1. The van der Waals surface area contributed by atoms with Gasteiger partial charge in [-0.2, -0.15) is 0 Å². The third-order valence-corrected chi connectivity index (χ3v) is 2.47. The fourth-order valence-corrected chi connectivity index (χ4v) is 1.50. The van der Waals surface area contributed by atoms with E-state index < -0.39 is 0 Å². The number of benzene rings is 1. The summed E-state index contributed by atoms with van der Waals surface area (Å²) in [7, 11) is 5.85. The van der Waals surface area contributed by atoms with E-state index in [1.165, 1.54) is 11.4 Å². The van der Waals surface area contributed by atoms with Gasteiger partial charge in [0.1, 0.15) is 0 Å². The van der Waals surface area contributed by atoms with E-state index in [1.807, 2.05) is 0 Å². The van der Waals surface area contributed by atoms with Crippen LogP contribution in [-0.4, -0.2) is 34.4 Å². The lowest BCUT2D eigenvalue weighted by Gasteiger charge is -2.14. The van der Waals surface area contributed by atoms with Crippen molar-refractivity contribution in [2.45, 2.75) is 12.8 Å². The predicted octanol–water partition coefficient (Wildman–Crippen LogP) is 2.59. The molecule has 0 saturated heterocycles. The molecular formula is C13H22N2O. The molecule has 0 fully saturated rings. The number of ether oxygens (including phenoxy) is 1. The van der Waals surface area contributed by atoms with Crippen molar-refractivity contribution in [1.29, 1.82) is 0 Å². The molecule has 1 aromatic carbocycles. The van der Waals surface area contributed by atoms with E-state index in [-0.39, 0.29) is 0 Å². The second-order valence-corrected chi connectivity index (χ2v) is 4.07. The van der Waals surface area contributed by atoms with Crippen LogP contribution < -0.4 is 10.2 Å². The van der Waals surface area contributed by atoms with E-state index in [9.17, 15) is 0 Å². The average Bonchev–Trinajstić information content (AvgIpc) is 2.29. The standard InChI is InChI=1S/C13H22N2O/c1-15(2)13-8-6-7-12(11-13)14-9-4-5-10-16-3/h6-8,11,14H,4-5,9-10H2,1-3H3. The maximum atomic E-state index is 5.01. The van der Waals surface area contributed by atoms with Crippen molar-refractivity contribution in [1.82, 2.24) is 0 Å². The number of unbranched alkanes of at least 4 members (excludes halogenated alkanes) is 1. The number of hydrogen-bond donors (Lipinski definition) is 1. The van der Waals surface area contributed by atoms with Gasteiger partial charge in [-0.15, -0.1) is 0 Å². The maximum absolute atomic E-state index is 5.01.